The van der Waals surface area contributed by atoms with Gasteiger partial charge in [-0.2, -0.15) is 26.3 Å². The summed E-state index contributed by atoms with van der Waals surface area (Å²) in [4.78, 5) is 38.4. The van der Waals surface area contributed by atoms with Crippen molar-refractivity contribution in [3.63, 3.8) is 0 Å². The molecular weight excluding hydrogens is 444 g/mol. The minimum absolute atomic E-state index is 0.0509. The molecule has 2 fully saturated rings. The summed E-state index contributed by atoms with van der Waals surface area (Å²) in [6, 6.07) is 0.613. The Morgan fingerprint density at radius 2 is 1.78 bits per heavy atom. The van der Waals surface area contributed by atoms with Crippen LogP contribution in [-0.4, -0.2) is 40.6 Å². The summed E-state index contributed by atoms with van der Waals surface area (Å²) in [5.74, 6) is -3.52. The van der Waals surface area contributed by atoms with E-state index in [2.05, 4.69) is 0 Å². The summed E-state index contributed by atoms with van der Waals surface area (Å²) >= 11 is 0. The van der Waals surface area contributed by atoms with Crippen molar-refractivity contribution in [2.75, 3.05) is 0 Å². The van der Waals surface area contributed by atoms with E-state index in [-0.39, 0.29) is 11.8 Å². The van der Waals surface area contributed by atoms with E-state index in [0.29, 0.717) is 29.9 Å². The highest BCUT2D eigenvalue weighted by molar-refractivity contribution is 6.10. The van der Waals surface area contributed by atoms with Crippen LogP contribution in [0.4, 0.5) is 31.1 Å². The van der Waals surface area contributed by atoms with E-state index in [4.69, 9.17) is 0 Å². The van der Waals surface area contributed by atoms with E-state index in [9.17, 15) is 40.7 Å². The summed E-state index contributed by atoms with van der Waals surface area (Å²) in [5.41, 5.74) is -5.78. The largest absolute Gasteiger partial charge is 0.440 e. The monoisotopic (exact) mass is 465 g/mol. The average molecular weight is 465 g/mol. The summed E-state index contributed by atoms with van der Waals surface area (Å²) in [6.07, 6.45) is -8.59. The molecule has 6 nitrogen and oxygen atoms in total. The molecule has 1 saturated carbocycles. The van der Waals surface area contributed by atoms with E-state index in [1.807, 2.05) is 6.92 Å². The Balaban J connectivity index is 1.95. The molecule has 0 bridgehead atoms. The van der Waals surface area contributed by atoms with E-state index in [0.717, 1.165) is 18.6 Å². The molecule has 4 atom stereocenters. The van der Waals surface area contributed by atoms with Gasteiger partial charge in [-0.05, 0) is 36.5 Å². The van der Waals surface area contributed by atoms with Crippen molar-refractivity contribution in [2.24, 2.45) is 11.8 Å². The third-order valence-corrected chi connectivity index (χ3v) is 6.23. The summed E-state index contributed by atoms with van der Waals surface area (Å²) in [7, 11) is 0. The van der Waals surface area contributed by atoms with Crippen LogP contribution in [0.15, 0.2) is 24.3 Å². The number of amides is 4. The first-order valence-electron chi connectivity index (χ1n) is 9.91. The maximum absolute atomic E-state index is 14.0. The van der Waals surface area contributed by atoms with Gasteiger partial charge in [-0.1, -0.05) is 32.8 Å². The zero-order chi connectivity index (χ0) is 24.1. The molecule has 0 aromatic heterocycles. The zero-order valence-electron chi connectivity index (χ0n) is 17.1. The van der Waals surface area contributed by atoms with E-state index < -0.39 is 53.0 Å². The standard InChI is InChI=1S/C20H21F6N3O3/c1-10-5-3-8-14(11(10)2)29-16(31)18(20(24,25)26,28-17(29)32)27-15(30)12-6-4-7-13(9-12)19(21,22)23/h4,6-7,9-11,14H,3,5,8H2,1-2H3,(H,27,30)(H,28,32)/t10-,11-,14-,18-/m1/s1. The molecule has 176 valence electrons. The number of hydrogen-bond donors (Lipinski definition) is 2. The van der Waals surface area contributed by atoms with E-state index in [1.165, 1.54) is 5.32 Å². The SMILES string of the molecule is C[C@@H]1[C@H](C)CCC[C@H]1N1C(=O)N[C@@](NC(=O)c2cccc(C(F)(F)F)c2)(C(F)(F)F)C1=O. The Labute approximate surface area is 179 Å². The molecule has 1 aliphatic heterocycles. The molecular formula is C20H21F6N3O3. The Morgan fingerprint density at radius 3 is 2.38 bits per heavy atom. The third kappa shape index (κ3) is 4.02. The van der Waals surface area contributed by atoms with Crippen molar-refractivity contribution in [2.45, 2.75) is 57.2 Å². The minimum atomic E-state index is -5.45. The first-order chi connectivity index (χ1) is 14.7. The number of benzene rings is 1. The van der Waals surface area contributed by atoms with Crippen LogP contribution in [0.25, 0.3) is 0 Å². The number of nitrogens with one attached hydrogen (secondary N) is 2. The zero-order valence-corrected chi connectivity index (χ0v) is 17.1. The summed E-state index contributed by atoms with van der Waals surface area (Å²) in [5, 5.41) is 2.99. The quantitative estimate of drug-likeness (QED) is 0.522. The van der Waals surface area contributed by atoms with E-state index >= 15 is 0 Å². The lowest BCUT2D eigenvalue weighted by Crippen LogP contribution is -2.69. The fourth-order valence-electron chi connectivity index (χ4n) is 4.19. The molecule has 1 saturated heterocycles. The van der Waals surface area contributed by atoms with Crippen molar-refractivity contribution >= 4 is 17.8 Å². The molecule has 3 rings (SSSR count). The van der Waals surface area contributed by atoms with Crippen LogP contribution in [0.2, 0.25) is 0 Å². The van der Waals surface area contributed by atoms with Crippen LogP contribution in [0, 0.1) is 11.8 Å². The number of rotatable bonds is 3. The third-order valence-electron chi connectivity index (χ3n) is 6.23. The number of nitrogens with zero attached hydrogens (tertiary/aromatic N) is 1. The van der Waals surface area contributed by atoms with Gasteiger partial charge in [0, 0.05) is 11.6 Å². The topological polar surface area (TPSA) is 78.5 Å². The number of urea groups is 1. The second-order valence-corrected chi connectivity index (χ2v) is 8.22. The lowest BCUT2D eigenvalue weighted by atomic mass is 9.77. The second kappa shape index (κ2) is 7.96. The molecule has 32 heavy (non-hydrogen) atoms. The van der Waals surface area contributed by atoms with E-state index in [1.54, 1.807) is 12.2 Å². The van der Waals surface area contributed by atoms with Crippen LogP contribution >= 0.6 is 0 Å². The van der Waals surface area contributed by atoms with Crippen LogP contribution in [-0.2, 0) is 11.0 Å². The van der Waals surface area contributed by atoms with Gasteiger partial charge in [-0.15, -0.1) is 0 Å². The lowest BCUT2D eigenvalue weighted by Gasteiger charge is -2.38. The molecule has 1 aromatic rings. The van der Waals surface area contributed by atoms with Crippen molar-refractivity contribution in [1.82, 2.24) is 15.5 Å². The van der Waals surface area contributed by atoms with Crippen molar-refractivity contribution in [3.05, 3.63) is 35.4 Å². The van der Waals surface area contributed by atoms with Gasteiger partial charge >= 0.3 is 18.4 Å². The van der Waals surface area contributed by atoms with Gasteiger partial charge < -0.3 is 5.32 Å². The molecule has 0 radical (unpaired) electrons. The molecule has 1 aliphatic carbocycles. The molecule has 1 aromatic carbocycles. The Hall–Kier alpha value is -2.79. The average Bonchev–Trinajstić information content (AvgIpc) is 2.94. The van der Waals surface area contributed by atoms with Crippen LogP contribution < -0.4 is 10.6 Å². The fraction of sp³-hybridized carbons (Fsp3) is 0.550. The Bertz CT molecular complexity index is 932. The minimum Gasteiger partial charge on any atom is -0.314 e. The van der Waals surface area contributed by atoms with Crippen molar-refractivity contribution in [1.29, 1.82) is 0 Å². The summed E-state index contributed by atoms with van der Waals surface area (Å²) in [6.45, 7) is 3.59. The van der Waals surface area contributed by atoms with Gasteiger partial charge in [0.25, 0.3) is 17.5 Å². The van der Waals surface area contributed by atoms with Gasteiger partial charge in [0.15, 0.2) is 0 Å². The predicted octanol–water partition coefficient (Wildman–Crippen LogP) is 4.07. The number of alkyl halides is 6. The van der Waals surface area contributed by atoms with Gasteiger partial charge in [0.1, 0.15) is 0 Å². The highest BCUT2D eigenvalue weighted by atomic mass is 19.4. The molecule has 0 unspecified atom stereocenters. The Kier molecular flexibility index (Phi) is 5.94. The van der Waals surface area contributed by atoms with Gasteiger partial charge in [0.2, 0.25) is 0 Å². The predicted molar refractivity (Wildman–Crippen MR) is 99.0 cm³/mol. The van der Waals surface area contributed by atoms with Crippen LogP contribution in [0.1, 0.15) is 49.0 Å². The molecule has 0 spiro atoms. The highest BCUT2D eigenvalue weighted by Gasteiger charge is 2.70. The lowest BCUT2D eigenvalue weighted by molar-refractivity contribution is -0.201. The number of hydrogen-bond acceptors (Lipinski definition) is 3. The first kappa shape index (κ1) is 23.9. The van der Waals surface area contributed by atoms with Crippen LogP contribution in [0.3, 0.4) is 0 Å². The first-order valence-corrected chi connectivity index (χ1v) is 9.91. The smallest absolute Gasteiger partial charge is 0.314 e. The van der Waals surface area contributed by atoms with Gasteiger partial charge in [-0.25, -0.2) is 4.79 Å². The number of carbonyl (C=O) groups is 3. The van der Waals surface area contributed by atoms with Crippen molar-refractivity contribution in [3.8, 4) is 0 Å². The number of imide groups is 1. The van der Waals surface area contributed by atoms with Crippen molar-refractivity contribution < 1.29 is 40.7 Å². The number of carbonyl (C=O) groups excluding carboxylic acids is 3. The molecule has 12 heteroatoms. The molecule has 2 N–H and O–H groups in total. The maximum Gasteiger partial charge on any atom is 0.440 e. The highest BCUT2D eigenvalue weighted by Crippen LogP contribution is 2.40. The normalized spacial score (nSPS) is 29.1. The van der Waals surface area contributed by atoms with Crippen LogP contribution in [0.5, 0.6) is 0 Å². The Morgan fingerprint density at radius 1 is 1.12 bits per heavy atom. The van der Waals surface area contributed by atoms with Gasteiger partial charge in [-0.3, -0.25) is 19.8 Å². The maximum atomic E-state index is 14.0. The van der Waals surface area contributed by atoms with Gasteiger partial charge in [0.05, 0.1) is 5.56 Å². The number of halogens is 6. The molecule has 1 heterocycles. The second-order valence-electron chi connectivity index (χ2n) is 8.22. The summed E-state index contributed by atoms with van der Waals surface area (Å²) < 4.78 is 80.9. The molecule has 4 amide bonds. The molecule has 2 aliphatic rings. The fourth-order valence-corrected chi connectivity index (χ4v) is 4.19.